The molecule has 4 rings (SSSR count). The maximum atomic E-state index is 13.2. The molecule has 1 saturated heterocycles. The fourth-order valence-corrected chi connectivity index (χ4v) is 5.17. The van der Waals surface area contributed by atoms with Crippen molar-refractivity contribution in [1.82, 2.24) is 14.9 Å². The third-order valence-corrected chi connectivity index (χ3v) is 7.11. The Morgan fingerprint density at radius 1 is 1.32 bits per heavy atom. The highest BCUT2D eigenvalue weighted by molar-refractivity contribution is 8.00. The summed E-state index contributed by atoms with van der Waals surface area (Å²) < 4.78 is 7.45. The zero-order chi connectivity index (χ0) is 21.6. The van der Waals surface area contributed by atoms with E-state index in [-0.39, 0.29) is 22.8 Å². The number of carbonyl (C=O) groups excluding carboxylic acids is 1. The van der Waals surface area contributed by atoms with Crippen molar-refractivity contribution < 1.29 is 9.53 Å². The Labute approximate surface area is 187 Å². The van der Waals surface area contributed by atoms with Crippen LogP contribution in [0.25, 0.3) is 10.9 Å². The Bertz CT molecular complexity index is 1010. The molecule has 1 aromatic heterocycles. The number of hydrogen-bond donors (Lipinski definition) is 1. The fourth-order valence-electron chi connectivity index (χ4n) is 4.22. The van der Waals surface area contributed by atoms with Gasteiger partial charge in [-0.25, -0.2) is 4.98 Å². The lowest BCUT2D eigenvalue weighted by Gasteiger charge is -2.19. The molecule has 7 heteroatoms. The highest BCUT2D eigenvalue weighted by Crippen LogP contribution is 2.25. The van der Waals surface area contributed by atoms with Crippen LogP contribution in [-0.2, 0) is 16.1 Å². The topological polar surface area (TPSA) is 73.2 Å². The van der Waals surface area contributed by atoms with Gasteiger partial charge in [-0.15, -0.1) is 0 Å². The van der Waals surface area contributed by atoms with Crippen molar-refractivity contribution in [2.45, 2.75) is 74.9 Å². The SMILES string of the molecule is C[C@@H](Sc1nc2ccccc2c(=O)n1C[C@@H]1CCCO1)C(=O)NCCC1=CCCCC1. The van der Waals surface area contributed by atoms with Crippen LogP contribution >= 0.6 is 11.8 Å². The van der Waals surface area contributed by atoms with E-state index in [0.29, 0.717) is 29.1 Å². The number of rotatable bonds is 8. The Kier molecular flexibility index (Phi) is 7.45. The van der Waals surface area contributed by atoms with E-state index in [0.717, 1.165) is 38.7 Å². The molecule has 1 amide bonds. The first-order valence-electron chi connectivity index (χ1n) is 11.4. The highest BCUT2D eigenvalue weighted by Gasteiger charge is 2.23. The van der Waals surface area contributed by atoms with E-state index in [2.05, 4.69) is 11.4 Å². The molecule has 0 radical (unpaired) electrons. The number of aromatic nitrogens is 2. The monoisotopic (exact) mass is 441 g/mol. The van der Waals surface area contributed by atoms with Crippen molar-refractivity contribution in [2.24, 2.45) is 0 Å². The van der Waals surface area contributed by atoms with Crippen LogP contribution < -0.4 is 10.9 Å². The number of para-hydroxylation sites is 1. The van der Waals surface area contributed by atoms with E-state index in [1.165, 1.54) is 30.2 Å². The zero-order valence-corrected chi connectivity index (χ0v) is 19.0. The van der Waals surface area contributed by atoms with Crippen LogP contribution in [0.3, 0.4) is 0 Å². The van der Waals surface area contributed by atoms with Gasteiger partial charge in [-0.1, -0.05) is 35.5 Å². The average Bonchev–Trinajstić information content (AvgIpc) is 3.30. The van der Waals surface area contributed by atoms with Crippen molar-refractivity contribution in [3.8, 4) is 0 Å². The number of carbonyl (C=O) groups is 1. The number of fused-ring (bicyclic) bond motifs is 1. The van der Waals surface area contributed by atoms with E-state index >= 15 is 0 Å². The minimum absolute atomic E-state index is 0.0208. The van der Waals surface area contributed by atoms with Gasteiger partial charge in [-0.2, -0.15) is 0 Å². The van der Waals surface area contributed by atoms with E-state index in [9.17, 15) is 9.59 Å². The third kappa shape index (κ3) is 5.57. The molecule has 6 nitrogen and oxygen atoms in total. The second-order valence-corrected chi connectivity index (χ2v) is 9.68. The molecule has 166 valence electrons. The van der Waals surface area contributed by atoms with Crippen LogP contribution in [0.1, 0.15) is 51.9 Å². The zero-order valence-electron chi connectivity index (χ0n) is 18.1. The summed E-state index contributed by atoms with van der Waals surface area (Å²) in [5, 5.41) is 3.89. The lowest BCUT2D eigenvalue weighted by atomic mass is 9.97. The summed E-state index contributed by atoms with van der Waals surface area (Å²) >= 11 is 1.35. The van der Waals surface area contributed by atoms with Crippen molar-refractivity contribution in [2.75, 3.05) is 13.2 Å². The van der Waals surface area contributed by atoms with Crippen molar-refractivity contribution in [1.29, 1.82) is 0 Å². The minimum atomic E-state index is -0.343. The minimum Gasteiger partial charge on any atom is -0.376 e. The number of nitrogens with one attached hydrogen (secondary N) is 1. The van der Waals surface area contributed by atoms with Crippen molar-refractivity contribution in [3.63, 3.8) is 0 Å². The predicted molar refractivity (Wildman–Crippen MR) is 124 cm³/mol. The van der Waals surface area contributed by atoms with Crippen LogP contribution in [0.4, 0.5) is 0 Å². The van der Waals surface area contributed by atoms with Crippen LogP contribution in [0.15, 0.2) is 45.9 Å². The average molecular weight is 442 g/mol. The standard InChI is InChI=1S/C24H31N3O3S/c1-17(22(28)25-14-13-18-8-3-2-4-9-18)31-24-26-21-12-6-5-11-20(21)23(29)27(24)16-19-10-7-15-30-19/h5-6,8,11-12,17,19H,2-4,7,9-10,13-16H2,1H3,(H,25,28)/t17-,19+/m1/s1. The maximum absolute atomic E-state index is 13.2. The molecule has 1 aliphatic carbocycles. The molecule has 31 heavy (non-hydrogen) atoms. The quantitative estimate of drug-likeness (QED) is 0.380. The van der Waals surface area contributed by atoms with Gasteiger partial charge < -0.3 is 10.1 Å². The van der Waals surface area contributed by atoms with Gasteiger partial charge in [-0.3, -0.25) is 14.2 Å². The molecule has 1 aliphatic heterocycles. The number of thioether (sulfide) groups is 1. The van der Waals surface area contributed by atoms with Crippen LogP contribution in [0.5, 0.6) is 0 Å². The van der Waals surface area contributed by atoms with E-state index < -0.39 is 0 Å². The Balaban J connectivity index is 1.47. The largest absolute Gasteiger partial charge is 0.376 e. The summed E-state index contributed by atoms with van der Waals surface area (Å²) in [6.07, 6.45) is 10.0. The highest BCUT2D eigenvalue weighted by atomic mass is 32.2. The second kappa shape index (κ2) is 10.5. The first-order chi connectivity index (χ1) is 15.1. The summed E-state index contributed by atoms with van der Waals surface area (Å²) in [7, 11) is 0. The van der Waals surface area contributed by atoms with Crippen LogP contribution in [-0.4, -0.2) is 40.0 Å². The summed E-state index contributed by atoms with van der Waals surface area (Å²) in [5.74, 6) is -0.0208. The smallest absolute Gasteiger partial charge is 0.262 e. The van der Waals surface area contributed by atoms with Crippen molar-refractivity contribution >= 4 is 28.6 Å². The van der Waals surface area contributed by atoms with Gasteiger partial charge in [0.15, 0.2) is 5.16 Å². The molecular weight excluding hydrogens is 410 g/mol. The van der Waals surface area contributed by atoms with E-state index in [4.69, 9.17) is 9.72 Å². The molecule has 1 aromatic carbocycles. The molecule has 0 spiro atoms. The molecule has 2 aliphatic rings. The number of amides is 1. The Morgan fingerprint density at radius 3 is 2.97 bits per heavy atom. The van der Waals surface area contributed by atoms with Crippen LogP contribution in [0, 0.1) is 0 Å². The van der Waals surface area contributed by atoms with Gasteiger partial charge in [0.2, 0.25) is 5.91 Å². The van der Waals surface area contributed by atoms with Gasteiger partial charge in [0, 0.05) is 13.2 Å². The summed E-state index contributed by atoms with van der Waals surface area (Å²) in [5.41, 5.74) is 2.05. The summed E-state index contributed by atoms with van der Waals surface area (Å²) in [4.78, 5) is 30.6. The molecule has 2 heterocycles. The molecule has 0 saturated carbocycles. The second-order valence-electron chi connectivity index (χ2n) is 8.37. The first-order valence-corrected chi connectivity index (χ1v) is 12.2. The predicted octanol–water partition coefficient (Wildman–Crippen LogP) is 4.06. The summed E-state index contributed by atoms with van der Waals surface area (Å²) in [6.45, 7) is 3.74. The molecule has 1 N–H and O–H groups in total. The van der Waals surface area contributed by atoms with Gasteiger partial charge in [0.05, 0.1) is 28.8 Å². The summed E-state index contributed by atoms with van der Waals surface area (Å²) in [6, 6.07) is 7.39. The molecule has 2 atom stereocenters. The van der Waals surface area contributed by atoms with Gasteiger partial charge in [0.1, 0.15) is 0 Å². The molecular formula is C24H31N3O3S. The lowest BCUT2D eigenvalue weighted by molar-refractivity contribution is -0.120. The number of benzene rings is 1. The first kappa shape index (κ1) is 22.1. The van der Waals surface area contributed by atoms with E-state index in [1.54, 1.807) is 10.6 Å². The van der Waals surface area contributed by atoms with Gasteiger partial charge in [-0.05, 0) is 64.0 Å². The molecule has 1 fully saturated rings. The van der Waals surface area contributed by atoms with Crippen molar-refractivity contribution in [3.05, 3.63) is 46.3 Å². The molecule has 2 aromatic rings. The number of hydrogen-bond acceptors (Lipinski definition) is 5. The Hall–Kier alpha value is -2.12. The number of ether oxygens (including phenoxy) is 1. The Morgan fingerprint density at radius 2 is 2.19 bits per heavy atom. The lowest BCUT2D eigenvalue weighted by Crippen LogP contribution is -2.33. The number of nitrogens with zero attached hydrogens (tertiary/aromatic N) is 2. The normalized spacial score (nSPS) is 19.9. The molecule has 0 bridgehead atoms. The third-order valence-electron chi connectivity index (χ3n) is 6.02. The van der Waals surface area contributed by atoms with Gasteiger partial charge in [0.25, 0.3) is 5.56 Å². The number of allylic oxidation sites excluding steroid dienone is 1. The van der Waals surface area contributed by atoms with Crippen LogP contribution in [0.2, 0.25) is 0 Å². The molecule has 0 unspecified atom stereocenters. The maximum Gasteiger partial charge on any atom is 0.262 e. The fraction of sp³-hybridized carbons (Fsp3) is 0.542. The van der Waals surface area contributed by atoms with Gasteiger partial charge >= 0.3 is 0 Å². The van der Waals surface area contributed by atoms with E-state index in [1.807, 2.05) is 25.1 Å².